The summed E-state index contributed by atoms with van der Waals surface area (Å²) in [6, 6.07) is -0.767. The van der Waals surface area contributed by atoms with Crippen molar-refractivity contribution in [2.75, 3.05) is 40.9 Å². The normalized spacial score (nSPS) is 15.0. The second-order valence-corrected chi connectivity index (χ2v) is 16.8. The van der Waals surface area contributed by atoms with Crippen LogP contribution in [0.4, 0.5) is 0 Å². The Hall–Kier alpha value is -1.54. The fourth-order valence-electron chi connectivity index (χ4n) is 5.74. The zero-order valence-corrected chi connectivity index (χ0v) is 35.2. The monoisotopic (exact) mass is 754 g/mol. The smallest absolute Gasteiger partial charge is 0.391 e. The molecule has 0 saturated heterocycles. The predicted octanol–water partition coefficient (Wildman–Crippen LogP) is 11.3. The van der Waals surface area contributed by atoms with Crippen LogP contribution in [0.5, 0.6) is 0 Å². The van der Waals surface area contributed by atoms with Crippen LogP contribution in [0.3, 0.4) is 0 Å². The van der Waals surface area contributed by atoms with Gasteiger partial charge in [0, 0.05) is 6.42 Å². The Balaban J connectivity index is 4.40. The molecular formula is C43H82N2O6P+. The van der Waals surface area contributed by atoms with E-state index in [2.05, 4.69) is 67.8 Å². The maximum absolute atomic E-state index is 12.8. The molecule has 0 aromatic heterocycles. The molecule has 0 heterocycles. The van der Waals surface area contributed by atoms with Crippen LogP contribution in [0.15, 0.2) is 48.6 Å². The van der Waals surface area contributed by atoms with Gasteiger partial charge in [-0.25, -0.2) is 4.57 Å². The average molecular weight is 754 g/mol. The van der Waals surface area contributed by atoms with Crippen molar-refractivity contribution in [2.24, 2.45) is 0 Å². The van der Waals surface area contributed by atoms with Crippen LogP contribution in [-0.2, 0) is 18.4 Å². The summed E-state index contributed by atoms with van der Waals surface area (Å²) in [5, 5.41) is 13.9. The molecule has 0 aliphatic carbocycles. The quantitative estimate of drug-likeness (QED) is 0.0252. The molecule has 0 saturated carbocycles. The molecule has 0 rings (SSSR count). The van der Waals surface area contributed by atoms with E-state index in [0.29, 0.717) is 23.9 Å². The first kappa shape index (κ1) is 50.5. The van der Waals surface area contributed by atoms with Crippen LogP contribution in [0.25, 0.3) is 0 Å². The van der Waals surface area contributed by atoms with Gasteiger partial charge in [0.1, 0.15) is 13.2 Å². The van der Waals surface area contributed by atoms with E-state index in [1.165, 1.54) is 64.2 Å². The highest BCUT2D eigenvalue weighted by atomic mass is 31.2. The van der Waals surface area contributed by atoms with Crippen molar-refractivity contribution in [1.82, 2.24) is 5.32 Å². The lowest BCUT2D eigenvalue weighted by atomic mass is 10.0. The van der Waals surface area contributed by atoms with Gasteiger partial charge in [0.15, 0.2) is 0 Å². The number of rotatable bonds is 37. The molecule has 0 radical (unpaired) electrons. The molecule has 8 nitrogen and oxygen atoms in total. The molecule has 3 N–H and O–H groups in total. The minimum Gasteiger partial charge on any atom is -0.391 e. The van der Waals surface area contributed by atoms with Crippen LogP contribution in [0.2, 0.25) is 0 Å². The minimum atomic E-state index is -4.31. The van der Waals surface area contributed by atoms with Gasteiger partial charge in [-0.05, 0) is 51.4 Å². The molecule has 52 heavy (non-hydrogen) atoms. The Morgan fingerprint density at radius 1 is 0.673 bits per heavy atom. The first-order valence-corrected chi connectivity index (χ1v) is 22.5. The fourth-order valence-corrected chi connectivity index (χ4v) is 6.48. The maximum atomic E-state index is 12.8. The lowest BCUT2D eigenvalue weighted by molar-refractivity contribution is -0.870. The number of aliphatic hydroxyl groups is 1. The number of phosphoric ester groups is 1. The number of nitrogens with zero attached hydrogens (tertiary/aromatic N) is 1. The Bertz CT molecular complexity index is 991. The van der Waals surface area contributed by atoms with E-state index < -0.39 is 20.0 Å². The van der Waals surface area contributed by atoms with E-state index in [9.17, 15) is 19.4 Å². The highest BCUT2D eigenvalue weighted by Crippen LogP contribution is 2.43. The third kappa shape index (κ3) is 36.8. The number of likely N-dealkylation sites (N-methyl/N-ethyl adjacent to an activating group) is 1. The molecule has 0 aromatic carbocycles. The van der Waals surface area contributed by atoms with E-state index in [1.54, 1.807) is 0 Å². The van der Waals surface area contributed by atoms with E-state index in [-0.39, 0.29) is 19.1 Å². The number of quaternary nitrogens is 1. The summed E-state index contributed by atoms with van der Waals surface area (Å²) in [5.74, 6) is -0.162. The van der Waals surface area contributed by atoms with Crippen molar-refractivity contribution in [3.63, 3.8) is 0 Å². The molecule has 1 amide bonds. The van der Waals surface area contributed by atoms with Gasteiger partial charge in [0.25, 0.3) is 0 Å². The third-order valence-corrected chi connectivity index (χ3v) is 10.1. The first-order valence-electron chi connectivity index (χ1n) is 21.0. The van der Waals surface area contributed by atoms with Gasteiger partial charge in [0.2, 0.25) is 5.91 Å². The number of aliphatic hydroxyl groups excluding tert-OH is 1. The fraction of sp³-hybridized carbons (Fsp3) is 0.791. The number of phosphoric acid groups is 1. The van der Waals surface area contributed by atoms with Crippen LogP contribution in [0.1, 0.15) is 168 Å². The van der Waals surface area contributed by atoms with Crippen molar-refractivity contribution in [3.05, 3.63) is 48.6 Å². The van der Waals surface area contributed by atoms with E-state index in [1.807, 2.05) is 21.1 Å². The number of carbonyl (C=O) groups is 1. The maximum Gasteiger partial charge on any atom is 0.472 e. The lowest BCUT2D eigenvalue weighted by Gasteiger charge is -2.26. The van der Waals surface area contributed by atoms with Crippen LogP contribution in [0, 0.1) is 0 Å². The van der Waals surface area contributed by atoms with Crippen molar-refractivity contribution in [3.8, 4) is 0 Å². The number of amides is 1. The predicted molar refractivity (Wildman–Crippen MR) is 221 cm³/mol. The highest BCUT2D eigenvalue weighted by molar-refractivity contribution is 7.47. The van der Waals surface area contributed by atoms with E-state index >= 15 is 0 Å². The minimum absolute atomic E-state index is 0.0695. The molecule has 0 aliphatic rings. The molecule has 0 aliphatic heterocycles. The summed E-state index contributed by atoms with van der Waals surface area (Å²) >= 11 is 0. The summed E-state index contributed by atoms with van der Waals surface area (Å²) in [6.45, 7) is 4.73. The average Bonchev–Trinajstić information content (AvgIpc) is 3.09. The van der Waals surface area contributed by atoms with E-state index in [0.717, 1.165) is 77.0 Å². The van der Waals surface area contributed by atoms with Crippen molar-refractivity contribution < 1.29 is 32.9 Å². The van der Waals surface area contributed by atoms with E-state index in [4.69, 9.17) is 9.05 Å². The van der Waals surface area contributed by atoms with Gasteiger partial charge in [-0.2, -0.15) is 0 Å². The van der Waals surface area contributed by atoms with Gasteiger partial charge >= 0.3 is 7.82 Å². The lowest BCUT2D eigenvalue weighted by Crippen LogP contribution is -2.46. The number of hydrogen-bond donors (Lipinski definition) is 3. The summed E-state index contributed by atoms with van der Waals surface area (Å²) < 4.78 is 23.5. The summed E-state index contributed by atoms with van der Waals surface area (Å²) in [7, 11) is 1.60. The van der Waals surface area contributed by atoms with Crippen LogP contribution in [-0.4, -0.2) is 73.4 Å². The van der Waals surface area contributed by atoms with Crippen LogP contribution >= 0.6 is 7.82 Å². The SMILES string of the molecule is CC/C=C\C/C=C\C/C=C\C/C=C\CCCCCCCCC(=O)NC(COP(=O)(O)OCC[N+](C)(C)C)C(O)CCCCCCCCCCCCC. The van der Waals surface area contributed by atoms with Gasteiger partial charge in [-0.3, -0.25) is 13.8 Å². The standard InChI is InChI=1S/C43H81N2O6P/c1-6-8-10-12-14-16-18-19-20-21-22-23-24-25-27-29-31-33-35-37-43(47)44-41(40-51-52(48,49)50-39-38-45(3,4)5)42(46)36-34-32-30-28-26-17-15-13-11-9-7-2/h8,10,14,16,19-20,22-23,41-42,46H,6-7,9,11-13,15,17-18,21,24-40H2,1-5H3,(H-,44,47,48,49)/p+1/b10-8-,16-14-,20-19-,23-22-. The Kier molecular flexibility index (Phi) is 34.1. The molecule has 9 heteroatoms. The van der Waals surface area contributed by atoms with Crippen molar-refractivity contribution >= 4 is 13.7 Å². The largest absolute Gasteiger partial charge is 0.472 e. The molecule has 0 fully saturated rings. The van der Waals surface area contributed by atoms with Gasteiger partial charge in [-0.15, -0.1) is 0 Å². The molecule has 0 spiro atoms. The molecule has 0 bridgehead atoms. The highest BCUT2D eigenvalue weighted by Gasteiger charge is 2.28. The molecule has 3 unspecified atom stereocenters. The second-order valence-electron chi connectivity index (χ2n) is 15.3. The molecular weight excluding hydrogens is 671 g/mol. The van der Waals surface area contributed by atoms with Crippen LogP contribution < -0.4 is 5.32 Å². The Labute approximate surface area is 320 Å². The third-order valence-electron chi connectivity index (χ3n) is 9.09. The Morgan fingerprint density at radius 2 is 1.15 bits per heavy atom. The van der Waals surface area contributed by atoms with Gasteiger partial charge in [0.05, 0.1) is 39.9 Å². The first-order chi connectivity index (χ1) is 25.0. The zero-order chi connectivity index (χ0) is 38.6. The number of hydrogen-bond acceptors (Lipinski definition) is 5. The number of carbonyl (C=O) groups excluding carboxylic acids is 1. The topological polar surface area (TPSA) is 105 Å². The molecule has 3 atom stereocenters. The molecule has 304 valence electrons. The Morgan fingerprint density at radius 3 is 1.69 bits per heavy atom. The summed E-state index contributed by atoms with van der Waals surface area (Å²) in [6.07, 6.45) is 42.7. The summed E-state index contributed by atoms with van der Waals surface area (Å²) in [4.78, 5) is 23.1. The molecule has 0 aromatic rings. The number of nitrogens with one attached hydrogen (secondary N) is 1. The zero-order valence-electron chi connectivity index (χ0n) is 34.3. The second kappa shape index (κ2) is 35.2. The van der Waals surface area contributed by atoms with Crippen molar-refractivity contribution in [2.45, 2.75) is 180 Å². The van der Waals surface area contributed by atoms with Gasteiger partial charge < -0.3 is 19.8 Å². The van der Waals surface area contributed by atoms with Crippen molar-refractivity contribution in [1.29, 1.82) is 0 Å². The number of allylic oxidation sites excluding steroid dienone is 8. The van der Waals surface area contributed by atoms with Gasteiger partial charge in [-0.1, -0.05) is 159 Å². The summed E-state index contributed by atoms with van der Waals surface area (Å²) in [5.41, 5.74) is 0. The number of unbranched alkanes of at least 4 members (excludes halogenated alkanes) is 16.